The molecule has 2 N–H and O–H groups in total. The maximum Gasteiger partial charge on any atom is 0.422 e. The van der Waals surface area contributed by atoms with Gasteiger partial charge in [-0.3, -0.25) is 0 Å². The quantitative estimate of drug-likeness (QED) is 0.846. The van der Waals surface area contributed by atoms with Gasteiger partial charge in [-0.15, -0.1) is 0 Å². The van der Waals surface area contributed by atoms with E-state index < -0.39 is 12.8 Å². The van der Waals surface area contributed by atoms with Crippen molar-refractivity contribution in [2.45, 2.75) is 70.4 Å². The molecule has 0 radical (unpaired) electrons. The molecule has 0 bridgehead atoms. The molecule has 136 valence electrons. The Bertz CT molecular complexity index is 539. The zero-order valence-electron chi connectivity index (χ0n) is 14.8. The first-order valence-electron chi connectivity index (χ1n) is 8.25. The van der Waals surface area contributed by atoms with Gasteiger partial charge >= 0.3 is 6.18 Å². The van der Waals surface area contributed by atoms with Gasteiger partial charge in [0.05, 0.1) is 0 Å². The van der Waals surface area contributed by atoms with Crippen molar-refractivity contribution >= 4 is 0 Å². The van der Waals surface area contributed by atoms with Crippen LogP contribution in [0.4, 0.5) is 13.2 Å². The maximum absolute atomic E-state index is 12.2. The predicted octanol–water partition coefficient (Wildman–Crippen LogP) is 4.03. The minimum absolute atomic E-state index is 0.0527. The van der Waals surface area contributed by atoms with Crippen LogP contribution in [0.2, 0.25) is 0 Å². The first-order chi connectivity index (χ1) is 10.9. The molecule has 0 spiro atoms. The summed E-state index contributed by atoms with van der Waals surface area (Å²) in [7, 11) is 0. The summed E-state index contributed by atoms with van der Waals surface area (Å²) in [5, 5.41) is 7.16. The summed E-state index contributed by atoms with van der Waals surface area (Å²) in [5.74, 6) is 0.248. The van der Waals surface area contributed by atoms with Gasteiger partial charge in [-0.05, 0) is 58.2 Å². The lowest BCUT2D eigenvalue weighted by Crippen LogP contribution is -2.61. The average Bonchev–Trinajstić information content (AvgIpc) is 2.39. The molecule has 1 heterocycles. The molecule has 0 amide bonds. The highest BCUT2D eigenvalue weighted by molar-refractivity contribution is 5.28. The fourth-order valence-corrected chi connectivity index (χ4v) is 3.64. The van der Waals surface area contributed by atoms with Gasteiger partial charge in [0.15, 0.2) is 6.61 Å². The van der Waals surface area contributed by atoms with E-state index in [0.717, 1.165) is 18.4 Å². The van der Waals surface area contributed by atoms with Crippen LogP contribution in [0.15, 0.2) is 24.3 Å². The number of piperidine rings is 1. The van der Waals surface area contributed by atoms with Crippen LogP contribution in [-0.2, 0) is 6.54 Å². The van der Waals surface area contributed by atoms with Gasteiger partial charge in [0.25, 0.3) is 0 Å². The third kappa shape index (κ3) is 6.32. The molecule has 1 aliphatic rings. The van der Waals surface area contributed by atoms with Crippen LogP contribution in [-0.4, -0.2) is 29.9 Å². The zero-order chi connectivity index (χ0) is 18.0. The summed E-state index contributed by atoms with van der Waals surface area (Å²) in [4.78, 5) is 0. The zero-order valence-corrected chi connectivity index (χ0v) is 14.8. The Kier molecular flexibility index (Phi) is 5.50. The van der Waals surface area contributed by atoms with E-state index in [1.807, 2.05) is 6.07 Å². The molecule has 1 fully saturated rings. The molecule has 1 aromatic carbocycles. The van der Waals surface area contributed by atoms with Gasteiger partial charge < -0.3 is 15.4 Å². The minimum Gasteiger partial charge on any atom is -0.484 e. The van der Waals surface area contributed by atoms with Crippen LogP contribution in [0.3, 0.4) is 0 Å². The SMILES string of the molecule is CC1(C)CC(NCc2cccc(OCC(F)(F)F)c2)CC(C)(C)N1. The molecular formula is C18H27F3N2O. The van der Waals surface area contributed by atoms with Gasteiger partial charge in [-0.2, -0.15) is 13.2 Å². The normalized spacial score (nSPS) is 20.8. The maximum atomic E-state index is 12.2. The second kappa shape index (κ2) is 6.92. The van der Waals surface area contributed by atoms with Crippen molar-refractivity contribution in [2.75, 3.05) is 6.61 Å². The Hall–Kier alpha value is -1.27. The highest BCUT2D eigenvalue weighted by Gasteiger charge is 2.37. The lowest BCUT2D eigenvalue weighted by molar-refractivity contribution is -0.153. The Morgan fingerprint density at radius 2 is 1.79 bits per heavy atom. The van der Waals surface area contributed by atoms with Crippen LogP contribution in [0.5, 0.6) is 5.75 Å². The monoisotopic (exact) mass is 344 g/mol. The number of hydrogen-bond donors (Lipinski definition) is 2. The summed E-state index contributed by atoms with van der Waals surface area (Å²) in [5.41, 5.74) is 1.03. The summed E-state index contributed by atoms with van der Waals surface area (Å²) < 4.78 is 41.5. The van der Waals surface area contributed by atoms with Crippen LogP contribution < -0.4 is 15.4 Å². The Morgan fingerprint density at radius 3 is 2.38 bits per heavy atom. The highest BCUT2D eigenvalue weighted by Crippen LogP contribution is 2.28. The summed E-state index contributed by atoms with van der Waals surface area (Å²) in [6.07, 6.45) is -2.32. The van der Waals surface area contributed by atoms with Crippen molar-refractivity contribution in [1.82, 2.24) is 10.6 Å². The molecule has 1 aliphatic heterocycles. The van der Waals surface area contributed by atoms with E-state index in [0.29, 0.717) is 12.6 Å². The van der Waals surface area contributed by atoms with Crippen molar-refractivity contribution in [2.24, 2.45) is 0 Å². The fraction of sp³-hybridized carbons (Fsp3) is 0.667. The second-order valence-corrected chi connectivity index (χ2v) is 7.93. The Morgan fingerprint density at radius 1 is 1.17 bits per heavy atom. The number of hydrogen-bond acceptors (Lipinski definition) is 3. The van der Waals surface area contributed by atoms with Gasteiger partial charge in [-0.25, -0.2) is 0 Å². The van der Waals surface area contributed by atoms with Crippen molar-refractivity contribution in [3.63, 3.8) is 0 Å². The van der Waals surface area contributed by atoms with E-state index in [2.05, 4.69) is 38.3 Å². The van der Waals surface area contributed by atoms with E-state index in [-0.39, 0.29) is 16.8 Å². The Labute approximate surface area is 142 Å². The first-order valence-corrected chi connectivity index (χ1v) is 8.25. The minimum atomic E-state index is -4.32. The van der Waals surface area contributed by atoms with E-state index >= 15 is 0 Å². The molecule has 2 rings (SSSR count). The summed E-state index contributed by atoms with van der Waals surface area (Å²) in [6.45, 7) is 8.10. The topological polar surface area (TPSA) is 33.3 Å². The Balaban J connectivity index is 1.92. The fourth-order valence-electron chi connectivity index (χ4n) is 3.64. The molecule has 0 aromatic heterocycles. The summed E-state index contributed by atoms with van der Waals surface area (Å²) >= 11 is 0. The second-order valence-electron chi connectivity index (χ2n) is 7.93. The number of benzene rings is 1. The number of ether oxygens (including phenoxy) is 1. The standard InChI is InChI=1S/C18H27F3N2O/c1-16(2)9-14(10-17(3,4)23-16)22-11-13-6-5-7-15(8-13)24-12-18(19,20)21/h5-8,14,22-23H,9-12H2,1-4H3. The number of rotatable bonds is 5. The first kappa shape index (κ1) is 19.1. The van der Waals surface area contributed by atoms with Crippen LogP contribution in [0, 0.1) is 0 Å². The molecule has 6 heteroatoms. The van der Waals surface area contributed by atoms with Crippen LogP contribution >= 0.6 is 0 Å². The highest BCUT2D eigenvalue weighted by atomic mass is 19.4. The lowest BCUT2D eigenvalue weighted by atomic mass is 9.79. The number of halogens is 3. The average molecular weight is 344 g/mol. The molecule has 0 aliphatic carbocycles. The molecule has 3 nitrogen and oxygen atoms in total. The smallest absolute Gasteiger partial charge is 0.422 e. The molecular weight excluding hydrogens is 317 g/mol. The van der Waals surface area contributed by atoms with Crippen molar-refractivity contribution in [1.29, 1.82) is 0 Å². The predicted molar refractivity (Wildman–Crippen MR) is 89.1 cm³/mol. The van der Waals surface area contributed by atoms with Gasteiger partial charge in [0.1, 0.15) is 5.75 Å². The van der Waals surface area contributed by atoms with Gasteiger partial charge in [0, 0.05) is 23.7 Å². The van der Waals surface area contributed by atoms with Gasteiger partial charge in [-0.1, -0.05) is 12.1 Å². The van der Waals surface area contributed by atoms with Crippen LogP contribution in [0.1, 0.15) is 46.1 Å². The van der Waals surface area contributed by atoms with Gasteiger partial charge in [0.2, 0.25) is 0 Å². The van der Waals surface area contributed by atoms with Crippen LogP contribution in [0.25, 0.3) is 0 Å². The van der Waals surface area contributed by atoms with E-state index in [9.17, 15) is 13.2 Å². The summed E-state index contributed by atoms with van der Waals surface area (Å²) in [6, 6.07) is 7.18. The molecule has 0 saturated carbocycles. The molecule has 24 heavy (non-hydrogen) atoms. The van der Waals surface area contributed by atoms with E-state index in [4.69, 9.17) is 4.74 Å². The number of alkyl halides is 3. The molecule has 1 saturated heterocycles. The van der Waals surface area contributed by atoms with E-state index in [1.165, 1.54) is 0 Å². The van der Waals surface area contributed by atoms with E-state index in [1.54, 1.807) is 18.2 Å². The largest absolute Gasteiger partial charge is 0.484 e. The third-order valence-corrected chi connectivity index (χ3v) is 4.09. The van der Waals surface area contributed by atoms with Crippen molar-refractivity contribution in [3.8, 4) is 5.75 Å². The van der Waals surface area contributed by atoms with Crippen molar-refractivity contribution in [3.05, 3.63) is 29.8 Å². The molecule has 0 unspecified atom stereocenters. The van der Waals surface area contributed by atoms with Crippen molar-refractivity contribution < 1.29 is 17.9 Å². The number of nitrogens with one attached hydrogen (secondary N) is 2. The third-order valence-electron chi connectivity index (χ3n) is 4.09. The lowest BCUT2D eigenvalue weighted by Gasteiger charge is -2.46. The molecule has 1 aromatic rings. The molecule has 0 atom stereocenters.